The van der Waals surface area contributed by atoms with Gasteiger partial charge in [0, 0.05) is 38.9 Å². The summed E-state index contributed by atoms with van der Waals surface area (Å²) in [4.78, 5) is 15.9. The van der Waals surface area contributed by atoms with E-state index in [1.165, 1.54) is 25.7 Å². The normalized spacial score (nSPS) is 16.0. The minimum Gasteiger partial charge on any atom is -0.356 e. The van der Waals surface area contributed by atoms with Crippen LogP contribution in [0.4, 0.5) is 0 Å². The number of aryl methyl sites for hydroxylation is 1. The van der Waals surface area contributed by atoms with E-state index in [1.807, 2.05) is 19.3 Å². The molecule has 6 heteroatoms. The predicted octanol–water partition coefficient (Wildman–Crippen LogP) is 2.99. The number of nitrogens with one attached hydrogen (secondary N) is 2. The van der Waals surface area contributed by atoms with Gasteiger partial charge in [0.15, 0.2) is 5.96 Å². The van der Waals surface area contributed by atoms with Crippen LogP contribution >= 0.6 is 24.0 Å². The Morgan fingerprint density at radius 2 is 2.08 bits per heavy atom. The molecule has 0 aliphatic heterocycles. The zero-order chi connectivity index (χ0) is 16.5. The third kappa shape index (κ3) is 6.11. The summed E-state index contributed by atoms with van der Waals surface area (Å²) in [7, 11) is 1.82. The van der Waals surface area contributed by atoms with E-state index in [0.717, 1.165) is 38.4 Å². The van der Waals surface area contributed by atoms with Crippen molar-refractivity contribution in [2.75, 3.05) is 20.1 Å². The standard InChI is InChI=1S/C18H30N4O.HI/c1-3-18(10-8-11-18)15-21-17(19-2)20-12-5-7-14-22-13-6-4-9-16(22)23;/h4,6,9,13H,3,5,7-8,10-12,14-15H2,1-2H3,(H2,19,20,21);1H. The Morgan fingerprint density at radius 1 is 1.29 bits per heavy atom. The first-order valence-electron chi connectivity index (χ1n) is 8.79. The monoisotopic (exact) mass is 446 g/mol. The number of halogens is 1. The second-order valence-electron chi connectivity index (χ2n) is 6.50. The van der Waals surface area contributed by atoms with Crippen LogP contribution in [0.2, 0.25) is 0 Å². The van der Waals surface area contributed by atoms with Crippen molar-refractivity contribution in [2.24, 2.45) is 10.4 Å². The third-order valence-electron chi connectivity index (χ3n) is 5.04. The van der Waals surface area contributed by atoms with Gasteiger partial charge in [-0.3, -0.25) is 9.79 Å². The first-order valence-corrected chi connectivity index (χ1v) is 8.79. The van der Waals surface area contributed by atoms with Crippen LogP contribution < -0.4 is 16.2 Å². The molecule has 2 N–H and O–H groups in total. The Morgan fingerprint density at radius 3 is 2.67 bits per heavy atom. The van der Waals surface area contributed by atoms with Crippen molar-refractivity contribution in [2.45, 2.75) is 52.0 Å². The number of unbranched alkanes of at least 4 members (excludes halogenated alkanes) is 1. The van der Waals surface area contributed by atoms with Gasteiger partial charge in [0.1, 0.15) is 0 Å². The maximum atomic E-state index is 11.6. The molecule has 2 rings (SSSR count). The van der Waals surface area contributed by atoms with Crippen molar-refractivity contribution < 1.29 is 0 Å². The van der Waals surface area contributed by atoms with Gasteiger partial charge in [0.05, 0.1) is 0 Å². The fourth-order valence-electron chi connectivity index (χ4n) is 3.08. The van der Waals surface area contributed by atoms with Gasteiger partial charge < -0.3 is 15.2 Å². The lowest BCUT2D eigenvalue weighted by atomic mass is 9.67. The SMILES string of the molecule is CCC1(CNC(=NC)NCCCCn2ccccc2=O)CCC1.I. The summed E-state index contributed by atoms with van der Waals surface area (Å²) in [5.41, 5.74) is 0.565. The first-order chi connectivity index (χ1) is 11.2. The van der Waals surface area contributed by atoms with Crippen molar-refractivity contribution in [1.29, 1.82) is 0 Å². The zero-order valence-corrected chi connectivity index (χ0v) is 17.2. The molecule has 0 bridgehead atoms. The molecule has 1 saturated carbocycles. The summed E-state index contributed by atoms with van der Waals surface area (Å²) in [5, 5.41) is 6.83. The highest BCUT2D eigenvalue weighted by Crippen LogP contribution is 2.42. The molecule has 24 heavy (non-hydrogen) atoms. The summed E-state index contributed by atoms with van der Waals surface area (Å²) in [6.45, 7) is 4.94. The minimum absolute atomic E-state index is 0. The van der Waals surface area contributed by atoms with Crippen molar-refractivity contribution in [1.82, 2.24) is 15.2 Å². The van der Waals surface area contributed by atoms with Gasteiger partial charge in [-0.05, 0) is 43.6 Å². The molecule has 0 saturated heterocycles. The van der Waals surface area contributed by atoms with Crippen LogP contribution in [0.1, 0.15) is 45.4 Å². The van der Waals surface area contributed by atoms with Crippen LogP contribution in [0.3, 0.4) is 0 Å². The average Bonchev–Trinajstić information content (AvgIpc) is 2.53. The van der Waals surface area contributed by atoms with Crippen molar-refractivity contribution in [3.05, 3.63) is 34.7 Å². The second-order valence-corrected chi connectivity index (χ2v) is 6.50. The Hall–Kier alpha value is -1.05. The summed E-state index contributed by atoms with van der Waals surface area (Å²) in [6, 6.07) is 5.28. The smallest absolute Gasteiger partial charge is 0.250 e. The highest BCUT2D eigenvalue weighted by atomic mass is 127. The van der Waals surface area contributed by atoms with Gasteiger partial charge in [-0.25, -0.2) is 0 Å². The molecule has 1 heterocycles. The molecule has 1 aliphatic carbocycles. The van der Waals surface area contributed by atoms with Crippen molar-refractivity contribution in [3.8, 4) is 0 Å². The largest absolute Gasteiger partial charge is 0.356 e. The number of guanidine groups is 1. The van der Waals surface area contributed by atoms with Crippen molar-refractivity contribution >= 4 is 29.9 Å². The number of aliphatic imine (C=N–C) groups is 1. The van der Waals surface area contributed by atoms with E-state index in [2.05, 4.69) is 22.5 Å². The molecular weight excluding hydrogens is 415 g/mol. The molecular formula is C18H31IN4O. The topological polar surface area (TPSA) is 58.4 Å². The minimum atomic E-state index is 0. The quantitative estimate of drug-likeness (QED) is 0.280. The highest BCUT2D eigenvalue weighted by molar-refractivity contribution is 14.0. The summed E-state index contributed by atoms with van der Waals surface area (Å²) in [6.07, 6.45) is 9.11. The number of rotatable bonds is 8. The maximum Gasteiger partial charge on any atom is 0.250 e. The summed E-state index contributed by atoms with van der Waals surface area (Å²) >= 11 is 0. The van der Waals surface area contributed by atoms with Crippen molar-refractivity contribution in [3.63, 3.8) is 0 Å². The number of pyridine rings is 1. The molecule has 0 unspecified atom stereocenters. The predicted molar refractivity (Wildman–Crippen MR) is 111 cm³/mol. The number of aromatic nitrogens is 1. The van der Waals surface area contributed by atoms with Crippen LogP contribution in [0, 0.1) is 5.41 Å². The molecule has 0 spiro atoms. The fraction of sp³-hybridized carbons (Fsp3) is 0.667. The van der Waals surface area contributed by atoms with E-state index >= 15 is 0 Å². The van der Waals surface area contributed by atoms with E-state index in [-0.39, 0.29) is 29.5 Å². The molecule has 0 aromatic carbocycles. The molecule has 136 valence electrons. The van der Waals surface area contributed by atoms with Crippen LogP contribution in [0.15, 0.2) is 34.2 Å². The molecule has 0 radical (unpaired) electrons. The average molecular weight is 446 g/mol. The Bertz CT molecular complexity index is 561. The lowest BCUT2D eigenvalue weighted by Gasteiger charge is -2.41. The number of hydrogen-bond acceptors (Lipinski definition) is 2. The van der Waals surface area contributed by atoms with Gasteiger partial charge in [-0.15, -0.1) is 24.0 Å². The van der Waals surface area contributed by atoms with Crippen LogP contribution in [-0.2, 0) is 6.54 Å². The molecule has 0 atom stereocenters. The van der Waals surface area contributed by atoms with Gasteiger partial charge in [-0.2, -0.15) is 0 Å². The lowest BCUT2D eigenvalue weighted by Crippen LogP contribution is -2.46. The Balaban J connectivity index is 0.00000288. The second kappa shape index (κ2) is 10.7. The van der Waals surface area contributed by atoms with Gasteiger partial charge in [0.25, 0.3) is 0 Å². The third-order valence-corrected chi connectivity index (χ3v) is 5.04. The number of hydrogen-bond donors (Lipinski definition) is 2. The molecule has 5 nitrogen and oxygen atoms in total. The number of nitrogens with zero attached hydrogens (tertiary/aromatic N) is 2. The maximum absolute atomic E-state index is 11.6. The van der Waals surface area contributed by atoms with Gasteiger partial charge in [0.2, 0.25) is 5.56 Å². The van der Waals surface area contributed by atoms with E-state index in [9.17, 15) is 4.79 Å². The molecule has 0 amide bonds. The zero-order valence-electron chi connectivity index (χ0n) is 14.9. The molecule has 1 aromatic heterocycles. The van der Waals surface area contributed by atoms with E-state index < -0.39 is 0 Å². The van der Waals surface area contributed by atoms with E-state index in [0.29, 0.717) is 5.41 Å². The Labute approximate surface area is 162 Å². The van der Waals surface area contributed by atoms with Gasteiger partial charge >= 0.3 is 0 Å². The molecule has 1 fully saturated rings. The van der Waals surface area contributed by atoms with Crippen LogP contribution in [0.25, 0.3) is 0 Å². The first kappa shape index (κ1) is 21.0. The van der Waals surface area contributed by atoms with Gasteiger partial charge in [-0.1, -0.05) is 19.4 Å². The fourth-order valence-corrected chi connectivity index (χ4v) is 3.08. The summed E-state index contributed by atoms with van der Waals surface area (Å²) < 4.78 is 1.76. The highest BCUT2D eigenvalue weighted by Gasteiger charge is 2.34. The Kier molecular flexibility index (Phi) is 9.39. The van der Waals surface area contributed by atoms with Crippen LogP contribution in [0.5, 0.6) is 0 Å². The lowest BCUT2D eigenvalue weighted by molar-refractivity contribution is 0.131. The van der Waals surface area contributed by atoms with E-state index in [1.54, 1.807) is 16.7 Å². The van der Waals surface area contributed by atoms with Crippen LogP contribution in [-0.4, -0.2) is 30.7 Å². The van der Waals surface area contributed by atoms with E-state index in [4.69, 9.17) is 0 Å². The molecule has 1 aliphatic rings. The summed E-state index contributed by atoms with van der Waals surface area (Å²) in [5.74, 6) is 0.890. The molecule has 1 aromatic rings.